The first-order valence-corrected chi connectivity index (χ1v) is 10.7. The zero-order valence-electron chi connectivity index (χ0n) is 16.0. The van der Waals surface area contributed by atoms with Crippen molar-refractivity contribution in [1.29, 1.82) is 0 Å². The number of amides is 3. The van der Waals surface area contributed by atoms with Crippen LogP contribution in [0.15, 0.2) is 52.3 Å². The van der Waals surface area contributed by atoms with Gasteiger partial charge in [-0.3, -0.25) is 19.5 Å². The molecule has 0 bridgehead atoms. The highest BCUT2D eigenvalue weighted by atomic mass is 32.2. The summed E-state index contributed by atoms with van der Waals surface area (Å²) in [6, 6.07) is 6.66. The zero-order chi connectivity index (χ0) is 21.0. The van der Waals surface area contributed by atoms with E-state index in [-0.39, 0.29) is 17.9 Å². The molecule has 1 aromatic carbocycles. The number of hydrogen-bond donors (Lipinski definition) is 2. The summed E-state index contributed by atoms with van der Waals surface area (Å²) in [5.74, 6) is -0.541. The quantitative estimate of drug-likeness (QED) is 0.355. The van der Waals surface area contributed by atoms with Gasteiger partial charge in [0.2, 0.25) is 5.91 Å². The minimum absolute atomic E-state index is 0.0560. The maximum absolute atomic E-state index is 12.6. The Hall–Kier alpha value is -2.91. The number of fused-ring (bicyclic) bond motifs is 1. The van der Waals surface area contributed by atoms with Crippen molar-refractivity contribution in [3.63, 3.8) is 0 Å². The Morgan fingerprint density at radius 3 is 2.79 bits per heavy atom. The van der Waals surface area contributed by atoms with Crippen molar-refractivity contribution in [2.45, 2.75) is 25.5 Å². The second-order valence-electron chi connectivity index (χ2n) is 6.32. The molecular formula is C20H20N4O3S2. The Labute approximate surface area is 175 Å². The lowest BCUT2D eigenvalue weighted by Crippen LogP contribution is -2.35. The summed E-state index contributed by atoms with van der Waals surface area (Å²) in [5, 5.41) is 7.13. The van der Waals surface area contributed by atoms with Crippen LogP contribution in [-0.2, 0) is 11.3 Å². The average molecular weight is 429 g/mol. The van der Waals surface area contributed by atoms with E-state index in [9.17, 15) is 14.4 Å². The summed E-state index contributed by atoms with van der Waals surface area (Å²) >= 11 is 2.42. The first-order valence-electron chi connectivity index (χ1n) is 8.79. The molecule has 150 valence electrons. The van der Waals surface area contributed by atoms with Gasteiger partial charge in [-0.2, -0.15) is 0 Å². The van der Waals surface area contributed by atoms with E-state index in [1.807, 2.05) is 26.0 Å². The molecule has 0 saturated heterocycles. The topological polar surface area (TPSA) is 93.1 Å². The molecule has 0 spiro atoms. The number of anilines is 1. The summed E-state index contributed by atoms with van der Waals surface area (Å²) in [5.41, 5.74) is 3.19. The molecule has 0 fully saturated rings. The van der Waals surface area contributed by atoms with Gasteiger partial charge in [-0.15, -0.1) is 17.9 Å². The van der Waals surface area contributed by atoms with Crippen LogP contribution < -0.4 is 16.2 Å². The maximum atomic E-state index is 12.6. The molecular weight excluding hydrogens is 408 g/mol. The maximum Gasteiger partial charge on any atom is 0.325 e. The number of carbonyl (C=O) groups is 2. The molecule has 0 aliphatic rings. The highest BCUT2D eigenvalue weighted by Gasteiger charge is 2.15. The van der Waals surface area contributed by atoms with E-state index in [0.29, 0.717) is 21.1 Å². The zero-order valence-corrected chi connectivity index (χ0v) is 17.7. The van der Waals surface area contributed by atoms with Gasteiger partial charge in [0.25, 0.3) is 5.56 Å². The number of rotatable bonds is 6. The fraction of sp³-hybridized carbons (Fsp3) is 0.200. The molecule has 0 aliphatic heterocycles. The van der Waals surface area contributed by atoms with Crippen LogP contribution in [0.4, 0.5) is 10.5 Å². The highest BCUT2D eigenvalue weighted by Crippen LogP contribution is 2.21. The third-order valence-electron chi connectivity index (χ3n) is 4.19. The molecule has 0 atom stereocenters. The lowest BCUT2D eigenvalue weighted by molar-refractivity contribution is -0.117. The minimum Gasteiger partial charge on any atom is -0.308 e. The highest BCUT2D eigenvalue weighted by molar-refractivity contribution is 7.99. The summed E-state index contributed by atoms with van der Waals surface area (Å²) in [6.45, 7) is 7.88. The number of urea groups is 1. The van der Waals surface area contributed by atoms with Gasteiger partial charge in [0.15, 0.2) is 5.16 Å². The van der Waals surface area contributed by atoms with Crippen molar-refractivity contribution in [2.75, 3.05) is 11.1 Å². The van der Waals surface area contributed by atoms with Gasteiger partial charge in [-0.1, -0.05) is 23.9 Å². The number of carbonyl (C=O) groups excluding carboxylic acids is 2. The Balaban J connectivity index is 1.65. The molecule has 9 heteroatoms. The van der Waals surface area contributed by atoms with E-state index in [4.69, 9.17) is 0 Å². The van der Waals surface area contributed by atoms with Gasteiger partial charge in [0.1, 0.15) is 4.70 Å². The second-order valence-corrected chi connectivity index (χ2v) is 8.18. The Morgan fingerprint density at radius 1 is 1.28 bits per heavy atom. The number of thiophene rings is 1. The molecule has 0 radical (unpaired) electrons. The van der Waals surface area contributed by atoms with Crippen molar-refractivity contribution in [3.05, 3.63) is 63.8 Å². The van der Waals surface area contributed by atoms with Crippen LogP contribution in [-0.4, -0.2) is 27.2 Å². The average Bonchev–Trinajstić information content (AvgIpc) is 3.14. The van der Waals surface area contributed by atoms with Crippen molar-refractivity contribution in [2.24, 2.45) is 0 Å². The number of aromatic nitrogens is 2. The van der Waals surface area contributed by atoms with Crippen LogP contribution in [0.25, 0.3) is 10.2 Å². The Morgan fingerprint density at radius 2 is 2.07 bits per heavy atom. The van der Waals surface area contributed by atoms with Crippen LogP contribution in [0, 0.1) is 13.8 Å². The fourth-order valence-corrected chi connectivity index (χ4v) is 4.19. The number of allylic oxidation sites excluding steroid dienone is 1. The molecule has 2 heterocycles. The SMILES string of the molecule is C=CCn1c(SCC(=O)NC(=O)Nc2ccc(C)c(C)c2)nc2ccsc2c1=O. The third-order valence-corrected chi connectivity index (χ3v) is 6.06. The van der Waals surface area contributed by atoms with E-state index in [1.54, 1.807) is 23.6 Å². The van der Waals surface area contributed by atoms with Crippen molar-refractivity contribution in [1.82, 2.24) is 14.9 Å². The smallest absolute Gasteiger partial charge is 0.308 e. The van der Waals surface area contributed by atoms with Crippen LogP contribution >= 0.6 is 23.1 Å². The Kier molecular flexibility index (Phi) is 6.50. The van der Waals surface area contributed by atoms with Gasteiger partial charge >= 0.3 is 6.03 Å². The lowest BCUT2D eigenvalue weighted by atomic mass is 10.1. The first-order chi connectivity index (χ1) is 13.9. The van der Waals surface area contributed by atoms with Gasteiger partial charge in [0, 0.05) is 12.2 Å². The number of hydrogen-bond acceptors (Lipinski definition) is 6. The van der Waals surface area contributed by atoms with Crippen LogP contribution in [0.1, 0.15) is 11.1 Å². The summed E-state index contributed by atoms with van der Waals surface area (Å²) in [4.78, 5) is 41.3. The second kappa shape index (κ2) is 9.06. The number of aryl methyl sites for hydroxylation is 2. The summed E-state index contributed by atoms with van der Waals surface area (Å²) in [6.07, 6.45) is 1.60. The van der Waals surface area contributed by atoms with Gasteiger partial charge in [-0.25, -0.2) is 9.78 Å². The fourth-order valence-electron chi connectivity index (χ4n) is 2.60. The molecule has 3 rings (SSSR count). The molecule has 0 unspecified atom stereocenters. The predicted molar refractivity (Wildman–Crippen MR) is 118 cm³/mol. The molecule has 0 saturated carbocycles. The number of imide groups is 1. The van der Waals surface area contributed by atoms with Crippen molar-refractivity contribution >= 4 is 50.9 Å². The normalized spacial score (nSPS) is 10.7. The van der Waals surface area contributed by atoms with E-state index < -0.39 is 11.9 Å². The summed E-state index contributed by atoms with van der Waals surface area (Å²) < 4.78 is 2.03. The van der Waals surface area contributed by atoms with Gasteiger partial charge in [0.05, 0.1) is 11.3 Å². The van der Waals surface area contributed by atoms with Gasteiger partial charge < -0.3 is 5.32 Å². The molecule has 2 N–H and O–H groups in total. The first kappa shape index (κ1) is 20.8. The van der Waals surface area contributed by atoms with E-state index in [2.05, 4.69) is 22.2 Å². The van der Waals surface area contributed by atoms with E-state index in [0.717, 1.165) is 22.9 Å². The number of nitrogens with zero attached hydrogens (tertiary/aromatic N) is 2. The van der Waals surface area contributed by atoms with Crippen LogP contribution in [0.5, 0.6) is 0 Å². The van der Waals surface area contributed by atoms with E-state index >= 15 is 0 Å². The lowest BCUT2D eigenvalue weighted by Gasteiger charge is -2.10. The summed E-state index contributed by atoms with van der Waals surface area (Å²) in [7, 11) is 0. The molecule has 2 aromatic heterocycles. The molecule has 7 nitrogen and oxygen atoms in total. The Bertz CT molecular complexity index is 1150. The molecule has 3 aromatic rings. The number of thioether (sulfide) groups is 1. The number of nitrogens with one attached hydrogen (secondary N) is 2. The van der Waals surface area contributed by atoms with Crippen LogP contribution in [0.3, 0.4) is 0 Å². The van der Waals surface area contributed by atoms with Gasteiger partial charge in [-0.05, 0) is 48.6 Å². The molecule has 29 heavy (non-hydrogen) atoms. The number of benzene rings is 1. The van der Waals surface area contributed by atoms with E-state index in [1.165, 1.54) is 15.9 Å². The largest absolute Gasteiger partial charge is 0.325 e. The molecule has 3 amide bonds. The van der Waals surface area contributed by atoms with Crippen LogP contribution in [0.2, 0.25) is 0 Å². The monoisotopic (exact) mass is 428 g/mol. The molecule has 0 aliphatic carbocycles. The van der Waals surface area contributed by atoms with Crippen molar-refractivity contribution < 1.29 is 9.59 Å². The minimum atomic E-state index is -0.608. The third kappa shape index (κ3) is 4.93. The standard InChI is InChI=1S/C20H20N4O3S2/c1-4-8-24-18(26)17-15(7-9-28-17)22-20(24)29-11-16(25)23-19(27)21-14-6-5-12(2)13(3)10-14/h4-7,9-10H,1,8,11H2,2-3H3,(H2,21,23,25,27). The van der Waals surface area contributed by atoms with Crippen molar-refractivity contribution in [3.8, 4) is 0 Å². The predicted octanol–water partition coefficient (Wildman–Crippen LogP) is 3.70.